The van der Waals surface area contributed by atoms with Crippen LogP contribution in [0.2, 0.25) is 4.47 Å². The van der Waals surface area contributed by atoms with Crippen molar-refractivity contribution >= 4 is 50.5 Å². The summed E-state index contributed by atoms with van der Waals surface area (Å²) < 4.78 is 1.23. The predicted octanol–water partition coefficient (Wildman–Crippen LogP) is 4.18. The first-order chi connectivity index (χ1) is 8.97. The SMILES string of the molecule is Cc1cc(C(=O)O)cc(Br)c1NCc1cnc(Cl)s1. The first kappa shape index (κ1) is 14.3. The van der Waals surface area contributed by atoms with Crippen LogP contribution in [0.15, 0.2) is 22.8 Å². The van der Waals surface area contributed by atoms with Gasteiger partial charge in [-0.25, -0.2) is 9.78 Å². The summed E-state index contributed by atoms with van der Waals surface area (Å²) in [5.74, 6) is -0.940. The van der Waals surface area contributed by atoms with E-state index >= 15 is 0 Å². The number of hydrogen-bond acceptors (Lipinski definition) is 4. The number of aromatic carboxylic acids is 1. The molecular weight excluding hydrogens is 352 g/mol. The Kier molecular flexibility index (Phi) is 4.44. The third kappa shape index (κ3) is 3.46. The van der Waals surface area contributed by atoms with E-state index in [1.807, 2.05) is 6.92 Å². The van der Waals surface area contributed by atoms with E-state index in [0.717, 1.165) is 20.6 Å². The molecule has 19 heavy (non-hydrogen) atoms. The molecule has 0 bridgehead atoms. The van der Waals surface area contributed by atoms with E-state index in [1.165, 1.54) is 11.3 Å². The molecule has 1 aromatic heterocycles. The van der Waals surface area contributed by atoms with Crippen molar-refractivity contribution < 1.29 is 9.90 Å². The number of aromatic nitrogens is 1. The van der Waals surface area contributed by atoms with Crippen molar-refractivity contribution in [2.45, 2.75) is 13.5 Å². The molecule has 4 nitrogen and oxygen atoms in total. The second kappa shape index (κ2) is 5.90. The van der Waals surface area contributed by atoms with Crippen LogP contribution >= 0.6 is 38.9 Å². The molecule has 100 valence electrons. The van der Waals surface area contributed by atoms with Crippen molar-refractivity contribution in [3.63, 3.8) is 0 Å². The van der Waals surface area contributed by atoms with Crippen LogP contribution in [-0.2, 0) is 6.54 Å². The van der Waals surface area contributed by atoms with Gasteiger partial charge in [-0.2, -0.15) is 0 Å². The fraction of sp³-hybridized carbons (Fsp3) is 0.167. The third-order valence-corrected chi connectivity index (χ3v) is 4.24. The number of benzene rings is 1. The standard InChI is InChI=1S/C12H10BrClN2O2S/c1-6-2-7(11(17)18)3-9(13)10(6)15-4-8-5-16-12(14)19-8/h2-3,5,15H,4H2,1H3,(H,17,18). The fourth-order valence-corrected chi connectivity index (χ4v) is 3.25. The Hall–Kier alpha value is -1.11. The number of halogens is 2. The highest BCUT2D eigenvalue weighted by Gasteiger charge is 2.10. The zero-order valence-corrected chi connectivity index (χ0v) is 13.1. The van der Waals surface area contributed by atoms with Crippen LogP contribution in [0.4, 0.5) is 5.69 Å². The topological polar surface area (TPSA) is 62.2 Å². The molecule has 0 atom stereocenters. The van der Waals surface area contributed by atoms with Crippen LogP contribution < -0.4 is 5.32 Å². The van der Waals surface area contributed by atoms with Gasteiger partial charge in [-0.1, -0.05) is 11.6 Å². The Bertz CT molecular complexity index is 607. The molecule has 7 heteroatoms. The molecular formula is C12H10BrClN2O2S. The molecule has 0 aliphatic rings. The quantitative estimate of drug-likeness (QED) is 0.857. The van der Waals surface area contributed by atoms with Gasteiger partial charge in [-0.05, 0) is 40.5 Å². The minimum atomic E-state index is -0.940. The Morgan fingerprint density at radius 1 is 1.58 bits per heavy atom. The van der Waals surface area contributed by atoms with Crippen molar-refractivity contribution in [3.05, 3.63) is 43.3 Å². The van der Waals surface area contributed by atoms with E-state index in [-0.39, 0.29) is 5.56 Å². The first-order valence-electron chi connectivity index (χ1n) is 5.35. The lowest BCUT2D eigenvalue weighted by molar-refractivity contribution is 0.0696. The molecule has 0 saturated heterocycles. The monoisotopic (exact) mass is 360 g/mol. The molecule has 1 heterocycles. The molecule has 0 amide bonds. The summed E-state index contributed by atoms with van der Waals surface area (Å²) in [5.41, 5.74) is 1.99. The zero-order valence-electron chi connectivity index (χ0n) is 9.91. The van der Waals surface area contributed by atoms with Crippen molar-refractivity contribution in [2.24, 2.45) is 0 Å². The van der Waals surface area contributed by atoms with Gasteiger partial charge in [0.2, 0.25) is 0 Å². The first-order valence-corrected chi connectivity index (χ1v) is 7.33. The van der Waals surface area contributed by atoms with Gasteiger partial charge in [-0.15, -0.1) is 11.3 Å². The fourth-order valence-electron chi connectivity index (χ4n) is 1.63. The maximum atomic E-state index is 10.9. The van der Waals surface area contributed by atoms with Crippen molar-refractivity contribution in [1.29, 1.82) is 0 Å². The summed E-state index contributed by atoms with van der Waals surface area (Å²) in [6.45, 7) is 2.45. The van der Waals surface area contributed by atoms with E-state index in [2.05, 4.69) is 26.2 Å². The number of carboxylic acids is 1. The van der Waals surface area contributed by atoms with Gasteiger partial charge in [0.25, 0.3) is 0 Å². The van der Waals surface area contributed by atoms with Gasteiger partial charge < -0.3 is 10.4 Å². The molecule has 2 aromatic rings. The van der Waals surface area contributed by atoms with Crippen LogP contribution in [0.5, 0.6) is 0 Å². The third-order valence-electron chi connectivity index (χ3n) is 2.50. The van der Waals surface area contributed by atoms with Crippen LogP contribution in [-0.4, -0.2) is 16.1 Å². The number of rotatable bonds is 4. The summed E-state index contributed by atoms with van der Waals surface area (Å²) >= 11 is 10.6. The van der Waals surface area contributed by atoms with Gasteiger partial charge in [0, 0.05) is 15.5 Å². The Morgan fingerprint density at radius 2 is 2.32 bits per heavy atom. The molecule has 0 saturated carbocycles. The average Bonchev–Trinajstić information content (AvgIpc) is 2.73. The van der Waals surface area contributed by atoms with Crippen LogP contribution in [0, 0.1) is 6.92 Å². The Morgan fingerprint density at radius 3 is 2.84 bits per heavy atom. The molecule has 0 aliphatic heterocycles. The van der Waals surface area contributed by atoms with Crippen molar-refractivity contribution in [1.82, 2.24) is 4.98 Å². The predicted molar refractivity (Wildman–Crippen MR) is 80.3 cm³/mol. The van der Waals surface area contributed by atoms with Gasteiger partial charge >= 0.3 is 5.97 Å². The second-order valence-corrected chi connectivity index (χ2v) is 6.44. The molecule has 0 radical (unpaired) electrons. The number of carbonyl (C=O) groups is 1. The molecule has 0 aliphatic carbocycles. The highest BCUT2D eigenvalue weighted by Crippen LogP contribution is 2.29. The Labute approximate surface area is 127 Å². The molecule has 1 aromatic carbocycles. The molecule has 2 rings (SSSR count). The lowest BCUT2D eigenvalue weighted by atomic mass is 10.1. The summed E-state index contributed by atoms with van der Waals surface area (Å²) in [7, 11) is 0. The summed E-state index contributed by atoms with van der Waals surface area (Å²) in [6, 6.07) is 3.21. The highest BCUT2D eigenvalue weighted by molar-refractivity contribution is 9.10. The zero-order chi connectivity index (χ0) is 14.0. The number of anilines is 1. The van der Waals surface area contributed by atoms with Gasteiger partial charge in [0.15, 0.2) is 4.47 Å². The van der Waals surface area contributed by atoms with Crippen molar-refractivity contribution in [3.8, 4) is 0 Å². The summed E-state index contributed by atoms with van der Waals surface area (Å²) in [5, 5.41) is 12.2. The van der Waals surface area contributed by atoms with E-state index in [9.17, 15) is 4.79 Å². The molecule has 0 fully saturated rings. The maximum Gasteiger partial charge on any atom is 0.335 e. The van der Waals surface area contributed by atoms with Gasteiger partial charge in [0.05, 0.1) is 17.8 Å². The van der Waals surface area contributed by atoms with Crippen LogP contribution in [0.25, 0.3) is 0 Å². The number of nitrogens with one attached hydrogen (secondary N) is 1. The van der Waals surface area contributed by atoms with E-state index < -0.39 is 5.97 Å². The summed E-state index contributed by atoms with van der Waals surface area (Å²) in [6.07, 6.45) is 1.72. The van der Waals surface area contributed by atoms with Crippen molar-refractivity contribution in [2.75, 3.05) is 5.32 Å². The van der Waals surface area contributed by atoms with E-state index in [1.54, 1.807) is 18.3 Å². The number of thiazole rings is 1. The van der Waals surface area contributed by atoms with Gasteiger partial charge in [-0.3, -0.25) is 0 Å². The molecule has 0 spiro atoms. The number of carboxylic acid groups (broad SMARTS) is 1. The lowest BCUT2D eigenvalue weighted by Gasteiger charge is -2.11. The minimum Gasteiger partial charge on any atom is -0.478 e. The van der Waals surface area contributed by atoms with E-state index in [4.69, 9.17) is 16.7 Å². The van der Waals surface area contributed by atoms with Crippen LogP contribution in [0.3, 0.4) is 0 Å². The second-order valence-electron chi connectivity index (χ2n) is 3.89. The Balaban J connectivity index is 2.18. The van der Waals surface area contributed by atoms with Crippen LogP contribution in [0.1, 0.15) is 20.8 Å². The number of aryl methyl sites for hydroxylation is 1. The summed E-state index contributed by atoms with van der Waals surface area (Å²) in [4.78, 5) is 15.9. The van der Waals surface area contributed by atoms with Gasteiger partial charge in [0.1, 0.15) is 0 Å². The van der Waals surface area contributed by atoms with E-state index in [0.29, 0.717) is 11.0 Å². The highest BCUT2D eigenvalue weighted by atomic mass is 79.9. The normalized spacial score (nSPS) is 10.5. The smallest absolute Gasteiger partial charge is 0.335 e. The largest absolute Gasteiger partial charge is 0.478 e. The number of hydrogen-bond donors (Lipinski definition) is 2. The molecule has 2 N–H and O–H groups in total. The molecule has 0 unspecified atom stereocenters. The minimum absolute atomic E-state index is 0.260. The maximum absolute atomic E-state index is 10.9. The average molecular weight is 362 g/mol. The lowest BCUT2D eigenvalue weighted by Crippen LogP contribution is -2.03. The number of nitrogens with zero attached hydrogens (tertiary/aromatic N) is 1.